The minimum atomic E-state index is -0.961. The van der Waals surface area contributed by atoms with Crippen LogP contribution in [0.5, 0.6) is 28.7 Å². The van der Waals surface area contributed by atoms with E-state index in [1.165, 1.54) is 20.3 Å². The molecule has 0 saturated heterocycles. The molecular formula is C34H36O7. The highest BCUT2D eigenvalue weighted by atomic mass is 16.5. The number of phenolic OH excluding ortho intramolecular Hbond substituents is 3. The number of methoxy groups -OCH3 is 2. The Morgan fingerprint density at radius 2 is 1.27 bits per heavy atom. The summed E-state index contributed by atoms with van der Waals surface area (Å²) >= 11 is 0. The zero-order valence-corrected chi connectivity index (χ0v) is 23.2. The summed E-state index contributed by atoms with van der Waals surface area (Å²) in [6.45, 7) is 0. The number of hydrogen-bond acceptors (Lipinski definition) is 7. The average molecular weight is 557 g/mol. The minimum absolute atomic E-state index is 0.00141. The van der Waals surface area contributed by atoms with Crippen LogP contribution in [0.4, 0.5) is 0 Å². The van der Waals surface area contributed by atoms with Crippen LogP contribution in [-0.4, -0.2) is 46.5 Å². The van der Waals surface area contributed by atoms with Gasteiger partial charge in [0.1, 0.15) is 11.5 Å². The number of rotatable bonds is 13. The van der Waals surface area contributed by atoms with E-state index < -0.39 is 12.0 Å². The molecule has 4 aromatic rings. The molecule has 7 nitrogen and oxygen atoms in total. The number of carbonyl (C=O) groups is 1. The normalized spacial score (nSPS) is 13.2. The van der Waals surface area contributed by atoms with Crippen molar-refractivity contribution in [2.75, 3.05) is 14.2 Å². The first kappa shape index (κ1) is 29.5. The van der Waals surface area contributed by atoms with E-state index >= 15 is 0 Å². The molecule has 41 heavy (non-hydrogen) atoms. The molecule has 7 heteroatoms. The van der Waals surface area contributed by atoms with Crippen LogP contribution in [0.25, 0.3) is 0 Å². The quantitative estimate of drug-likeness (QED) is 0.170. The van der Waals surface area contributed by atoms with E-state index in [0.29, 0.717) is 36.3 Å². The van der Waals surface area contributed by atoms with E-state index in [4.69, 9.17) is 9.47 Å². The van der Waals surface area contributed by atoms with Crippen LogP contribution in [0, 0.1) is 5.92 Å². The van der Waals surface area contributed by atoms with Crippen LogP contribution in [0.2, 0.25) is 0 Å². The zero-order chi connectivity index (χ0) is 29.4. The van der Waals surface area contributed by atoms with E-state index in [1.807, 2.05) is 30.3 Å². The van der Waals surface area contributed by atoms with Gasteiger partial charge in [-0.15, -0.1) is 0 Å². The van der Waals surface area contributed by atoms with Crippen molar-refractivity contribution >= 4 is 5.78 Å². The van der Waals surface area contributed by atoms with Crippen molar-refractivity contribution in [3.8, 4) is 28.7 Å². The van der Waals surface area contributed by atoms with Crippen LogP contribution in [0.1, 0.15) is 34.6 Å². The Bertz CT molecular complexity index is 1450. The smallest absolute Gasteiger partial charge is 0.160 e. The molecule has 0 aliphatic heterocycles. The second-order valence-corrected chi connectivity index (χ2v) is 10.3. The zero-order valence-electron chi connectivity index (χ0n) is 23.2. The van der Waals surface area contributed by atoms with Crippen molar-refractivity contribution in [1.29, 1.82) is 0 Å². The van der Waals surface area contributed by atoms with Gasteiger partial charge in [0.05, 0.1) is 20.3 Å². The number of aliphatic hydroxyl groups is 1. The number of carbonyl (C=O) groups excluding carboxylic acids is 1. The largest absolute Gasteiger partial charge is 0.508 e. The second-order valence-electron chi connectivity index (χ2n) is 10.3. The molecule has 4 N–H and O–H groups in total. The third-order valence-corrected chi connectivity index (χ3v) is 7.38. The molecule has 0 aliphatic carbocycles. The first-order valence-corrected chi connectivity index (χ1v) is 13.5. The summed E-state index contributed by atoms with van der Waals surface area (Å²) in [7, 11) is 2.95. The summed E-state index contributed by atoms with van der Waals surface area (Å²) in [5, 5.41) is 41.7. The van der Waals surface area contributed by atoms with Crippen LogP contribution in [-0.2, 0) is 24.1 Å². The van der Waals surface area contributed by atoms with E-state index in [2.05, 4.69) is 0 Å². The number of aromatic hydroxyl groups is 3. The highest BCUT2D eigenvalue weighted by Gasteiger charge is 2.29. The number of Topliss-reactive ketones (excluding diaryl/α,β-unsaturated/α-hetero) is 1. The lowest BCUT2D eigenvalue weighted by Gasteiger charge is -2.25. The van der Waals surface area contributed by atoms with Crippen molar-refractivity contribution in [3.63, 3.8) is 0 Å². The molecule has 0 radical (unpaired) electrons. The van der Waals surface area contributed by atoms with Gasteiger partial charge < -0.3 is 29.9 Å². The van der Waals surface area contributed by atoms with Crippen molar-refractivity contribution in [2.24, 2.45) is 5.92 Å². The number of ketones is 1. The Morgan fingerprint density at radius 1 is 0.683 bits per heavy atom. The molecule has 0 bridgehead atoms. The van der Waals surface area contributed by atoms with Crippen molar-refractivity contribution in [2.45, 2.75) is 37.7 Å². The second kappa shape index (κ2) is 13.7. The number of aliphatic hydroxyl groups excluding tert-OH is 1. The van der Waals surface area contributed by atoms with Gasteiger partial charge in [0, 0.05) is 12.3 Å². The maximum atomic E-state index is 13.9. The van der Waals surface area contributed by atoms with E-state index in [9.17, 15) is 25.2 Å². The van der Waals surface area contributed by atoms with Gasteiger partial charge in [0.2, 0.25) is 0 Å². The molecule has 0 amide bonds. The summed E-state index contributed by atoms with van der Waals surface area (Å²) in [6.07, 6.45) is 0.250. The molecule has 214 valence electrons. The van der Waals surface area contributed by atoms with Gasteiger partial charge in [-0.1, -0.05) is 54.6 Å². The number of phenols is 3. The SMILES string of the molecule is COc1cc(C[C@H](Cc2ccccc2)[C@H](O)CC(=O)[C@H](Cc2ccc(O)c(OC)c2)c2cccc(O)c2)ccc1O. The first-order valence-electron chi connectivity index (χ1n) is 13.5. The molecule has 0 spiro atoms. The standard InChI is InChI=1S/C34H36O7/c1-40-33-18-23(11-13-29(33)36)16-26(15-22-7-4-3-5-8-22)31(38)21-32(39)28(25-9-6-10-27(35)20-25)17-24-12-14-30(37)34(19-24)41-2/h3-14,18-20,26,28,31,35-38H,15-17,21H2,1-2H3/t26-,28+,31+/m0/s1. The van der Waals surface area contributed by atoms with Gasteiger partial charge in [0.15, 0.2) is 23.0 Å². The Morgan fingerprint density at radius 3 is 1.85 bits per heavy atom. The molecule has 3 atom stereocenters. The Hall–Kier alpha value is -4.49. The molecule has 0 fully saturated rings. The third-order valence-electron chi connectivity index (χ3n) is 7.38. The summed E-state index contributed by atoms with van der Waals surface area (Å²) in [4.78, 5) is 13.9. The lowest BCUT2D eigenvalue weighted by Crippen LogP contribution is -2.30. The fraction of sp³-hybridized carbons (Fsp3) is 0.265. The van der Waals surface area contributed by atoms with E-state index in [-0.39, 0.29) is 35.4 Å². The Kier molecular flexibility index (Phi) is 9.87. The number of benzene rings is 4. The highest BCUT2D eigenvalue weighted by Crippen LogP contribution is 2.33. The monoisotopic (exact) mass is 556 g/mol. The Balaban J connectivity index is 1.61. The summed E-state index contributed by atoms with van der Waals surface area (Å²) < 4.78 is 10.5. The maximum Gasteiger partial charge on any atom is 0.160 e. The Labute approximate surface area is 240 Å². The van der Waals surface area contributed by atoms with Gasteiger partial charge in [-0.2, -0.15) is 0 Å². The topological polar surface area (TPSA) is 116 Å². The molecule has 0 aromatic heterocycles. The van der Waals surface area contributed by atoms with Crippen LogP contribution < -0.4 is 9.47 Å². The third kappa shape index (κ3) is 7.80. The van der Waals surface area contributed by atoms with Crippen LogP contribution >= 0.6 is 0 Å². The van der Waals surface area contributed by atoms with Crippen LogP contribution in [0.15, 0.2) is 91.0 Å². The molecule has 0 unspecified atom stereocenters. The molecule has 4 aromatic carbocycles. The van der Waals surface area contributed by atoms with Crippen molar-refractivity contribution in [1.82, 2.24) is 0 Å². The average Bonchev–Trinajstić information content (AvgIpc) is 2.97. The summed E-state index contributed by atoms with van der Waals surface area (Å²) in [6, 6.07) is 26.4. The fourth-order valence-electron chi connectivity index (χ4n) is 5.17. The van der Waals surface area contributed by atoms with Gasteiger partial charge >= 0.3 is 0 Å². The molecular weight excluding hydrogens is 520 g/mol. The lowest BCUT2D eigenvalue weighted by atomic mass is 9.81. The van der Waals surface area contributed by atoms with Gasteiger partial charge in [0.25, 0.3) is 0 Å². The molecule has 4 rings (SSSR count). The fourth-order valence-corrected chi connectivity index (χ4v) is 5.17. The number of ether oxygens (including phenoxy) is 2. The van der Waals surface area contributed by atoms with E-state index in [0.717, 1.165) is 16.7 Å². The van der Waals surface area contributed by atoms with Crippen LogP contribution in [0.3, 0.4) is 0 Å². The molecule has 0 saturated carbocycles. The first-order chi connectivity index (χ1) is 19.8. The molecule has 0 aliphatic rings. The van der Waals surface area contributed by atoms with E-state index in [1.54, 1.807) is 54.6 Å². The minimum Gasteiger partial charge on any atom is -0.508 e. The highest BCUT2D eigenvalue weighted by molar-refractivity contribution is 5.86. The summed E-state index contributed by atoms with van der Waals surface area (Å²) in [5.41, 5.74) is 3.31. The maximum absolute atomic E-state index is 13.9. The van der Waals surface area contributed by atoms with Gasteiger partial charge in [-0.25, -0.2) is 0 Å². The predicted molar refractivity (Wildman–Crippen MR) is 157 cm³/mol. The van der Waals surface area contributed by atoms with Crippen molar-refractivity contribution in [3.05, 3.63) is 113 Å². The van der Waals surface area contributed by atoms with Gasteiger partial charge in [-0.3, -0.25) is 4.79 Å². The van der Waals surface area contributed by atoms with Crippen molar-refractivity contribution < 1.29 is 34.7 Å². The summed E-state index contributed by atoms with van der Waals surface area (Å²) in [5.74, 6) is -0.375. The lowest BCUT2D eigenvalue weighted by molar-refractivity contribution is -0.123. The van der Waals surface area contributed by atoms with Gasteiger partial charge in [-0.05, 0) is 83.8 Å². The number of hydrogen-bond donors (Lipinski definition) is 4. The molecule has 0 heterocycles. The predicted octanol–water partition coefficient (Wildman–Crippen LogP) is 5.57.